The lowest BCUT2D eigenvalue weighted by molar-refractivity contribution is 0.101. The van der Waals surface area contributed by atoms with Crippen LogP contribution in [0.5, 0.6) is 0 Å². The van der Waals surface area contributed by atoms with Crippen molar-refractivity contribution in [3.8, 4) is 0 Å². The summed E-state index contributed by atoms with van der Waals surface area (Å²) in [6.45, 7) is 2.79. The van der Waals surface area contributed by atoms with Crippen molar-refractivity contribution in [3.05, 3.63) is 29.3 Å². The average molecular weight is 243 g/mol. The van der Waals surface area contributed by atoms with Gasteiger partial charge in [0.1, 0.15) is 0 Å². The first-order valence-electron chi connectivity index (χ1n) is 7.17. The first kappa shape index (κ1) is 11.8. The Morgan fingerprint density at radius 1 is 1.22 bits per heavy atom. The monoisotopic (exact) mass is 243 g/mol. The van der Waals surface area contributed by atoms with Crippen molar-refractivity contribution in [2.45, 2.75) is 51.5 Å². The Kier molecular flexibility index (Phi) is 3.11. The zero-order valence-corrected chi connectivity index (χ0v) is 11.1. The topological polar surface area (TPSA) is 20.3 Å². The Hall–Kier alpha value is -1.31. The molecule has 96 valence electrons. The van der Waals surface area contributed by atoms with Crippen molar-refractivity contribution in [1.29, 1.82) is 0 Å². The fourth-order valence-electron chi connectivity index (χ4n) is 3.53. The van der Waals surface area contributed by atoms with E-state index in [0.717, 1.165) is 18.5 Å². The number of nitrogens with zero attached hydrogens (tertiary/aromatic N) is 1. The lowest BCUT2D eigenvalue weighted by atomic mass is 9.93. The fourth-order valence-corrected chi connectivity index (χ4v) is 3.53. The van der Waals surface area contributed by atoms with Crippen molar-refractivity contribution in [3.63, 3.8) is 0 Å². The Labute approximate surface area is 109 Å². The summed E-state index contributed by atoms with van der Waals surface area (Å²) >= 11 is 0. The van der Waals surface area contributed by atoms with E-state index in [1.165, 1.54) is 43.4 Å². The quantitative estimate of drug-likeness (QED) is 0.740. The molecule has 1 saturated carbocycles. The maximum Gasteiger partial charge on any atom is 0.161 e. The summed E-state index contributed by atoms with van der Waals surface area (Å²) in [5.74, 6) is 0.203. The molecule has 0 atom stereocenters. The van der Waals surface area contributed by atoms with E-state index in [0.29, 0.717) is 6.04 Å². The Morgan fingerprint density at radius 3 is 2.72 bits per heavy atom. The summed E-state index contributed by atoms with van der Waals surface area (Å²) in [6, 6.07) is 6.87. The summed E-state index contributed by atoms with van der Waals surface area (Å²) in [7, 11) is 0. The van der Waals surface area contributed by atoms with Gasteiger partial charge in [-0.25, -0.2) is 0 Å². The van der Waals surface area contributed by atoms with Gasteiger partial charge in [-0.2, -0.15) is 0 Å². The van der Waals surface area contributed by atoms with Crippen molar-refractivity contribution in [2.24, 2.45) is 0 Å². The third kappa shape index (κ3) is 1.94. The van der Waals surface area contributed by atoms with Crippen LogP contribution in [0.2, 0.25) is 0 Å². The van der Waals surface area contributed by atoms with Gasteiger partial charge in [0.05, 0.1) is 5.69 Å². The SMILES string of the molecule is CC(=O)c1cccc2c1N(C1CCCCC1)CC2. The highest BCUT2D eigenvalue weighted by Gasteiger charge is 2.29. The van der Waals surface area contributed by atoms with E-state index in [1.54, 1.807) is 6.92 Å². The molecule has 1 heterocycles. The van der Waals surface area contributed by atoms with Crippen LogP contribution in [0.1, 0.15) is 54.9 Å². The van der Waals surface area contributed by atoms with Gasteiger partial charge in [0.2, 0.25) is 0 Å². The molecule has 1 fully saturated rings. The molecule has 2 nitrogen and oxygen atoms in total. The highest BCUT2D eigenvalue weighted by Crippen LogP contribution is 2.37. The van der Waals surface area contributed by atoms with Crippen molar-refractivity contribution >= 4 is 11.5 Å². The second-order valence-electron chi connectivity index (χ2n) is 5.60. The predicted octanol–water partition coefficient (Wildman–Crippen LogP) is 3.58. The van der Waals surface area contributed by atoms with Gasteiger partial charge in [-0.3, -0.25) is 4.79 Å². The van der Waals surface area contributed by atoms with Crippen LogP contribution < -0.4 is 4.90 Å². The summed E-state index contributed by atoms with van der Waals surface area (Å²) in [6.07, 6.45) is 7.77. The van der Waals surface area contributed by atoms with Crippen LogP contribution in [-0.2, 0) is 6.42 Å². The van der Waals surface area contributed by atoms with Crippen molar-refractivity contribution in [1.82, 2.24) is 0 Å². The lowest BCUT2D eigenvalue weighted by Crippen LogP contribution is -2.36. The zero-order valence-electron chi connectivity index (χ0n) is 11.1. The van der Waals surface area contributed by atoms with E-state index in [-0.39, 0.29) is 5.78 Å². The Morgan fingerprint density at radius 2 is 2.00 bits per heavy atom. The van der Waals surface area contributed by atoms with Crippen LogP contribution in [0.4, 0.5) is 5.69 Å². The Balaban J connectivity index is 1.96. The molecule has 0 amide bonds. The summed E-state index contributed by atoms with van der Waals surface area (Å²) < 4.78 is 0. The van der Waals surface area contributed by atoms with Gasteiger partial charge in [-0.15, -0.1) is 0 Å². The first-order valence-corrected chi connectivity index (χ1v) is 7.17. The maximum atomic E-state index is 11.8. The molecule has 0 aromatic heterocycles. The number of carbonyl (C=O) groups is 1. The van der Waals surface area contributed by atoms with Crippen molar-refractivity contribution < 1.29 is 4.79 Å². The number of anilines is 1. The molecule has 1 aromatic rings. The van der Waals surface area contributed by atoms with Gasteiger partial charge in [-0.05, 0) is 37.8 Å². The zero-order chi connectivity index (χ0) is 12.5. The van der Waals surface area contributed by atoms with E-state index >= 15 is 0 Å². The molecule has 18 heavy (non-hydrogen) atoms. The molecule has 0 saturated heterocycles. The minimum Gasteiger partial charge on any atom is -0.367 e. The molecule has 0 unspecified atom stereocenters. The lowest BCUT2D eigenvalue weighted by Gasteiger charge is -2.34. The number of Topliss-reactive ketones (excluding diaryl/α,β-unsaturated/α-hetero) is 1. The fraction of sp³-hybridized carbons (Fsp3) is 0.562. The third-order valence-corrected chi connectivity index (χ3v) is 4.42. The normalized spacial score (nSPS) is 19.9. The van der Waals surface area contributed by atoms with Crippen LogP contribution in [-0.4, -0.2) is 18.4 Å². The number of ketones is 1. The predicted molar refractivity (Wildman–Crippen MR) is 74.4 cm³/mol. The van der Waals surface area contributed by atoms with E-state index in [1.807, 2.05) is 12.1 Å². The molecule has 0 radical (unpaired) electrons. The molecular formula is C16H21NO. The highest BCUT2D eigenvalue weighted by molar-refractivity contribution is 6.01. The molecule has 1 aliphatic carbocycles. The highest BCUT2D eigenvalue weighted by atomic mass is 16.1. The summed E-state index contributed by atoms with van der Waals surface area (Å²) in [5.41, 5.74) is 3.54. The van der Waals surface area contributed by atoms with E-state index in [9.17, 15) is 4.79 Å². The van der Waals surface area contributed by atoms with E-state index in [4.69, 9.17) is 0 Å². The number of benzene rings is 1. The number of hydrogen-bond donors (Lipinski definition) is 0. The number of para-hydroxylation sites is 1. The molecule has 2 aliphatic rings. The first-order chi connectivity index (χ1) is 8.77. The largest absolute Gasteiger partial charge is 0.367 e. The number of rotatable bonds is 2. The molecule has 1 aromatic carbocycles. The van der Waals surface area contributed by atoms with Gasteiger partial charge < -0.3 is 4.90 Å². The minimum absolute atomic E-state index is 0.203. The second kappa shape index (κ2) is 4.75. The minimum atomic E-state index is 0.203. The number of hydrogen-bond acceptors (Lipinski definition) is 2. The number of carbonyl (C=O) groups excluding carboxylic acids is 1. The molecule has 0 N–H and O–H groups in total. The molecule has 2 heteroatoms. The van der Waals surface area contributed by atoms with Gasteiger partial charge in [0.15, 0.2) is 5.78 Å². The molecule has 0 bridgehead atoms. The maximum absolute atomic E-state index is 11.8. The van der Waals surface area contributed by atoms with Crippen LogP contribution in [0.25, 0.3) is 0 Å². The van der Waals surface area contributed by atoms with Gasteiger partial charge >= 0.3 is 0 Å². The number of fused-ring (bicyclic) bond motifs is 1. The molecule has 3 rings (SSSR count). The second-order valence-corrected chi connectivity index (χ2v) is 5.60. The van der Waals surface area contributed by atoms with Crippen LogP contribution >= 0.6 is 0 Å². The Bertz CT molecular complexity index is 460. The molecular weight excluding hydrogens is 222 g/mol. The van der Waals surface area contributed by atoms with Gasteiger partial charge in [-0.1, -0.05) is 31.4 Å². The summed E-state index contributed by atoms with van der Waals surface area (Å²) in [4.78, 5) is 14.3. The van der Waals surface area contributed by atoms with E-state index in [2.05, 4.69) is 11.0 Å². The van der Waals surface area contributed by atoms with E-state index < -0.39 is 0 Å². The summed E-state index contributed by atoms with van der Waals surface area (Å²) in [5, 5.41) is 0. The molecule has 1 aliphatic heterocycles. The van der Waals surface area contributed by atoms with Crippen LogP contribution in [0, 0.1) is 0 Å². The van der Waals surface area contributed by atoms with Crippen LogP contribution in [0.3, 0.4) is 0 Å². The van der Waals surface area contributed by atoms with Crippen LogP contribution in [0.15, 0.2) is 18.2 Å². The van der Waals surface area contributed by atoms with Gasteiger partial charge in [0.25, 0.3) is 0 Å². The van der Waals surface area contributed by atoms with Crippen molar-refractivity contribution in [2.75, 3.05) is 11.4 Å². The molecule has 0 spiro atoms. The van der Waals surface area contributed by atoms with Gasteiger partial charge in [0, 0.05) is 18.2 Å². The third-order valence-electron chi connectivity index (χ3n) is 4.42. The average Bonchev–Trinajstić information content (AvgIpc) is 2.83. The smallest absolute Gasteiger partial charge is 0.161 e. The standard InChI is InChI=1S/C16H21NO/c1-12(18)15-9-5-6-13-10-11-17(16(13)15)14-7-3-2-4-8-14/h5-6,9,14H,2-4,7-8,10-11H2,1H3.